The fourth-order valence-corrected chi connectivity index (χ4v) is 2.70. The molecule has 0 saturated carbocycles. The average Bonchev–Trinajstić information content (AvgIpc) is 2.91. The molecule has 2 rings (SSSR count). The van der Waals surface area contributed by atoms with Crippen molar-refractivity contribution in [2.45, 2.75) is 38.0 Å². The van der Waals surface area contributed by atoms with E-state index in [2.05, 4.69) is 5.32 Å². The van der Waals surface area contributed by atoms with Crippen LogP contribution in [0.5, 0.6) is 0 Å². The molecule has 0 radical (unpaired) electrons. The summed E-state index contributed by atoms with van der Waals surface area (Å²) in [6, 6.07) is 4.66. The van der Waals surface area contributed by atoms with Gasteiger partial charge in [0.2, 0.25) is 5.91 Å². The SMILES string of the molecule is CC(NC(=O)[C@@H]1CC[C@H](C(=O)O)O1)c1cc(Cl)ccc1Cl. The van der Waals surface area contributed by atoms with Gasteiger partial charge in [0.25, 0.3) is 0 Å². The Bertz CT molecular complexity index is 564. The van der Waals surface area contributed by atoms with Gasteiger partial charge >= 0.3 is 5.97 Å². The maximum absolute atomic E-state index is 12.1. The van der Waals surface area contributed by atoms with E-state index in [4.69, 9.17) is 33.0 Å². The number of nitrogens with one attached hydrogen (secondary N) is 1. The highest BCUT2D eigenvalue weighted by molar-refractivity contribution is 6.33. The first kappa shape index (κ1) is 16.1. The molecule has 1 aliphatic rings. The third-order valence-electron chi connectivity index (χ3n) is 3.37. The lowest BCUT2D eigenvalue weighted by Crippen LogP contribution is -2.37. The Morgan fingerprint density at radius 2 is 2.00 bits per heavy atom. The zero-order valence-corrected chi connectivity index (χ0v) is 12.8. The Kier molecular flexibility index (Phi) is 5.08. The van der Waals surface area contributed by atoms with E-state index in [0.717, 1.165) is 0 Å². The molecular weight excluding hydrogens is 317 g/mol. The summed E-state index contributed by atoms with van der Waals surface area (Å²) in [5.74, 6) is -1.39. The van der Waals surface area contributed by atoms with Gasteiger partial charge in [-0.2, -0.15) is 0 Å². The van der Waals surface area contributed by atoms with Crippen molar-refractivity contribution in [1.29, 1.82) is 0 Å². The van der Waals surface area contributed by atoms with E-state index in [1.54, 1.807) is 25.1 Å². The molecule has 3 atom stereocenters. The van der Waals surface area contributed by atoms with Crippen LogP contribution in [0.15, 0.2) is 18.2 Å². The molecule has 5 nitrogen and oxygen atoms in total. The first-order valence-electron chi connectivity index (χ1n) is 6.52. The third-order valence-corrected chi connectivity index (χ3v) is 3.95. The Morgan fingerprint density at radius 1 is 1.33 bits per heavy atom. The summed E-state index contributed by atoms with van der Waals surface area (Å²) in [6.07, 6.45) is -0.935. The molecule has 0 spiro atoms. The second-order valence-electron chi connectivity index (χ2n) is 4.93. The van der Waals surface area contributed by atoms with Gasteiger partial charge in [0.1, 0.15) is 6.10 Å². The van der Waals surface area contributed by atoms with Gasteiger partial charge in [0.05, 0.1) is 6.04 Å². The predicted octanol–water partition coefficient (Wildman–Crippen LogP) is 2.80. The zero-order chi connectivity index (χ0) is 15.6. The van der Waals surface area contributed by atoms with E-state index >= 15 is 0 Å². The Hall–Kier alpha value is -1.30. The predicted molar refractivity (Wildman–Crippen MR) is 78.6 cm³/mol. The zero-order valence-electron chi connectivity index (χ0n) is 11.3. The molecule has 1 aromatic rings. The summed E-state index contributed by atoms with van der Waals surface area (Å²) in [5.41, 5.74) is 0.699. The number of aliphatic carboxylic acids is 1. The molecule has 21 heavy (non-hydrogen) atoms. The Balaban J connectivity index is 1.99. The van der Waals surface area contributed by atoms with Crippen LogP contribution >= 0.6 is 23.2 Å². The van der Waals surface area contributed by atoms with Crippen molar-refractivity contribution in [3.05, 3.63) is 33.8 Å². The van der Waals surface area contributed by atoms with Crippen LogP contribution in [0.4, 0.5) is 0 Å². The van der Waals surface area contributed by atoms with Crippen molar-refractivity contribution in [3.8, 4) is 0 Å². The van der Waals surface area contributed by atoms with Crippen LogP contribution in [-0.2, 0) is 14.3 Å². The summed E-state index contributed by atoms with van der Waals surface area (Å²) >= 11 is 12.0. The van der Waals surface area contributed by atoms with Crippen molar-refractivity contribution >= 4 is 35.1 Å². The van der Waals surface area contributed by atoms with Crippen LogP contribution in [0.25, 0.3) is 0 Å². The van der Waals surface area contributed by atoms with Crippen LogP contribution in [-0.4, -0.2) is 29.2 Å². The highest BCUT2D eigenvalue weighted by Crippen LogP contribution is 2.27. The van der Waals surface area contributed by atoms with Gasteiger partial charge in [-0.3, -0.25) is 4.79 Å². The first-order valence-corrected chi connectivity index (χ1v) is 7.27. The lowest BCUT2D eigenvalue weighted by atomic mass is 10.1. The second-order valence-corrected chi connectivity index (χ2v) is 5.77. The van der Waals surface area contributed by atoms with E-state index in [-0.39, 0.29) is 11.9 Å². The number of halogens is 2. The minimum absolute atomic E-state index is 0.333. The van der Waals surface area contributed by atoms with E-state index < -0.39 is 18.2 Å². The van der Waals surface area contributed by atoms with Gasteiger partial charge in [-0.1, -0.05) is 23.2 Å². The van der Waals surface area contributed by atoms with Crippen molar-refractivity contribution in [2.75, 3.05) is 0 Å². The normalized spacial score (nSPS) is 22.8. The monoisotopic (exact) mass is 331 g/mol. The largest absolute Gasteiger partial charge is 0.479 e. The lowest BCUT2D eigenvalue weighted by molar-refractivity contribution is -0.151. The number of carbonyl (C=O) groups is 2. The van der Waals surface area contributed by atoms with Crippen LogP contribution < -0.4 is 5.32 Å². The van der Waals surface area contributed by atoms with Crippen LogP contribution in [0.1, 0.15) is 31.4 Å². The number of rotatable bonds is 4. The Morgan fingerprint density at radius 3 is 2.62 bits per heavy atom. The van der Waals surface area contributed by atoms with E-state index in [1.165, 1.54) is 0 Å². The molecule has 2 N–H and O–H groups in total. The molecule has 1 unspecified atom stereocenters. The van der Waals surface area contributed by atoms with Gasteiger partial charge in [-0.15, -0.1) is 0 Å². The average molecular weight is 332 g/mol. The van der Waals surface area contributed by atoms with Crippen LogP contribution in [0.2, 0.25) is 10.0 Å². The van der Waals surface area contributed by atoms with Gasteiger partial charge in [-0.25, -0.2) is 4.79 Å². The van der Waals surface area contributed by atoms with E-state index in [1.807, 2.05) is 0 Å². The summed E-state index contributed by atoms with van der Waals surface area (Å²) in [6.45, 7) is 1.78. The van der Waals surface area contributed by atoms with Crippen molar-refractivity contribution in [1.82, 2.24) is 5.32 Å². The van der Waals surface area contributed by atoms with Crippen molar-refractivity contribution in [3.63, 3.8) is 0 Å². The number of benzene rings is 1. The number of carboxylic acids is 1. The quantitative estimate of drug-likeness (QED) is 0.889. The smallest absolute Gasteiger partial charge is 0.332 e. The van der Waals surface area contributed by atoms with Crippen molar-refractivity contribution < 1.29 is 19.4 Å². The number of carboxylic acid groups (broad SMARTS) is 1. The van der Waals surface area contributed by atoms with Crippen molar-refractivity contribution in [2.24, 2.45) is 0 Å². The molecule has 1 heterocycles. The molecule has 7 heteroatoms. The highest BCUT2D eigenvalue weighted by Gasteiger charge is 2.35. The fourth-order valence-electron chi connectivity index (χ4n) is 2.24. The van der Waals surface area contributed by atoms with Crippen LogP contribution in [0, 0.1) is 0 Å². The first-order chi connectivity index (χ1) is 9.88. The van der Waals surface area contributed by atoms with E-state index in [0.29, 0.717) is 28.5 Å². The summed E-state index contributed by atoms with van der Waals surface area (Å²) in [5, 5.41) is 12.6. The topological polar surface area (TPSA) is 75.6 Å². The summed E-state index contributed by atoms with van der Waals surface area (Å²) in [7, 11) is 0. The molecule has 0 bridgehead atoms. The number of ether oxygens (including phenoxy) is 1. The summed E-state index contributed by atoms with van der Waals surface area (Å²) < 4.78 is 5.20. The van der Waals surface area contributed by atoms with Gasteiger partial charge in [-0.05, 0) is 43.5 Å². The van der Waals surface area contributed by atoms with Crippen LogP contribution in [0.3, 0.4) is 0 Å². The van der Waals surface area contributed by atoms with E-state index in [9.17, 15) is 9.59 Å². The van der Waals surface area contributed by atoms with Gasteiger partial charge in [0.15, 0.2) is 6.10 Å². The van der Waals surface area contributed by atoms with Gasteiger partial charge < -0.3 is 15.2 Å². The second kappa shape index (κ2) is 6.64. The number of hydrogen-bond donors (Lipinski definition) is 2. The molecule has 0 aliphatic carbocycles. The molecule has 0 aromatic heterocycles. The summed E-state index contributed by atoms with van der Waals surface area (Å²) in [4.78, 5) is 22.9. The number of carbonyl (C=O) groups excluding carboxylic acids is 1. The molecule has 114 valence electrons. The standard InChI is InChI=1S/C14H15Cl2NO4/c1-7(9-6-8(15)2-3-10(9)16)17-13(18)11-4-5-12(21-11)14(19)20/h2-3,6-7,11-12H,4-5H2,1H3,(H,17,18)(H,19,20)/t7?,11-,12+/m0/s1. The third kappa shape index (κ3) is 3.87. The molecule has 1 amide bonds. The maximum atomic E-state index is 12.1. The molecule has 1 aliphatic heterocycles. The molecule has 1 saturated heterocycles. The highest BCUT2D eigenvalue weighted by atomic mass is 35.5. The molecule has 1 aromatic carbocycles. The van der Waals surface area contributed by atoms with Gasteiger partial charge in [0, 0.05) is 10.0 Å². The number of hydrogen-bond acceptors (Lipinski definition) is 3. The minimum Gasteiger partial charge on any atom is -0.479 e. The lowest BCUT2D eigenvalue weighted by Gasteiger charge is -2.18. The minimum atomic E-state index is -1.05. The molecule has 1 fully saturated rings. The number of amides is 1. The fraction of sp³-hybridized carbons (Fsp3) is 0.429. The molecular formula is C14H15Cl2NO4. The maximum Gasteiger partial charge on any atom is 0.332 e. The Labute approximate surface area is 132 Å².